The maximum absolute atomic E-state index is 12.2. The van der Waals surface area contributed by atoms with Crippen LogP contribution < -0.4 is 22.3 Å². The van der Waals surface area contributed by atoms with Crippen molar-refractivity contribution in [2.45, 2.75) is 51.8 Å². The monoisotopic (exact) mass is 296 g/mol. The minimum atomic E-state index is -0.371. The van der Waals surface area contributed by atoms with Crippen molar-refractivity contribution in [2.24, 2.45) is 7.05 Å². The van der Waals surface area contributed by atoms with Gasteiger partial charge >= 0.3 is 5.69 Å². The van der Waals surface area contributed by atoms with Gasteiger partial charge in [-0.1, -0.05) is 6.92 Å². The van der Waals surface area contributed by atoms with Crippen LogP contribution in [0.15, 0.2) is 9.59 Å². The molecule has 0 spiro atoms. The molecular weight excluding hydrogens is 272 g/mol. The van der Waals surface area contributed by atoms with Crippen molar-refractivity contribution < 1.29 is 4.74 Å². The molecular formula is C14H24N4O3. The molecule has 0 aliphatic heterocycles. The molecule has 3 N–H and O–H groups in total. The SMILES string of the molecule is CCCn1c(N)c(NC2CC(OCC)C2)c(=O)n(C)c1=O. The van der Waals surface area contributed by atoms with Crippen LogP contribution in [-0.4, -0.2) is 27.9 Å². The van der Waals surface area contributed by atoms with Gasteiger partial charge in [0.1, 0.15) is 11.5 Å². The molecule has 1 aromatic rings. The van der Waals surface area contributed by atoms with Crippen molar-refractivity contribution in [2.75, 3.05) is 17.7 Å². The number of anilines is 2. The van der Waals surface area contributed by atoms with Gasteiger partial charge in [0.2, 0.25) is 0 Å². The Bertz CT molecular complexity index is 614. The Morgan fingerprint density at radius 2 is 2.00 bits per heavy atom. The lowest BCUT2D eigenvalue weighted by Gasteiger charge is -2.36. The minimum Gasteiger partial charge on any atom is -0.383 e. The van der Waals surface area contributed by atoms with Crippen LogP contribution in [0.3, 0.4) is 0 Å². The van der Waals surface area contributed by atoms with E-state index in [-0.39, 0.29) is 29.2 Å². The highest BCUT2D eigenvalue weighted by atomic mass is 16.5. The summed E-state index contributed by atoms with van der Waals surface area (Å²) in [6.45, 7) is 5.13. The minimum absolute atomic E-state index is 0.170. The lowest BCUT2D eigenvalue weighted by molar-refractivity contribution is 0.00296. The van der Waals surface area contributed by atoms with Crippen LogP contribution in [0.5, 0.6) is 0 Å². The third kappa shape index (κ3) is 2.97. The topological polar surface area (TPSA) is 91.3 Å². The van der Waals surface area contributed by atoms with E-state index in [2.05, 4.69) is 5.32 Å². The predicted octanol–water partition coefficient (Wildman–Crippen LogP) is 0.519. The summed E-state index contributed by atoms with van der Waals surface area (Å²) in [4.78, 5) is 24.3. The zero-order valence-electron chi connectivity index (χ0n) is 12.9. The summed E-state index contributed by atoms with van der Waals surface area (Å²) >= 11 is 0. The molecule has 0 aromatic carbocycles. The van der Waals surface area contributed by atoms with Crippen LogP contribution in [-0.2, 0) is 18.3 Å². The largest absolute Gasteiger partial charge is 0.383 e. The van der Waals surface area contributed by atoms with E-state index in [1.165, 1.54) is 11.6 Å². The van der Waals surface area contributed by atoms with Gasteiger partial charge in [-0.3, -0.25) is 13.9 Å². The van der Waals surface area contributed by atoms with Crippen LogP contribution in [0.2, 0.25) is 0 Å². The van der Waals surface area contributed by atoms with Gasteiger partial charge in [0.05, 0.1) is 6.10 Å². The van der Waals surface area contributed by atoms with Crippen molar-refractivity contribution >= 4 is 11.5 Å². The summed E-state index contributed by atoms with van der Waals surface area (Å²) in [7, 11) is 1.48. The number of ether oxygens (including phenoxy) is 1. The number of aromatic nitrogens is 2. The summed E-state index contributed by atoms with van der Waals surface area (Å²) in [5.41, 5.74) is 5.60. The Hall–Kier alpha value is -1.76. The van der Waals surface area contributed by atoms with E-state index >= 15 is 0 Å². The van der Waals surface area contributed by atoms with E-state index in [1.54, 1.807) is 0 Å². The Balaban J connectivity index is 2.24. The normalized spacial score (nSPS) is 21.1. The highest BCUT2D eigenvalue weighted by Crippen LogP contribution is 2.27. The smallest absolute Gasteiger partial charge is 0.332 e. The van der Waals surface area contributed by atoms with Gasteiger partial charge in [0, 0.05) is 26.2 Å². The van der Waals surface area contributed by atoms with Gasteiger partial charge in [0.15, 0.2) is 0 Å². The maximum atomic E-state index is 12.2. The fraction of sp³-hybridized carbons (Fsp3) is 0.714. The molecule has 1 heterocycles. The van der Waals surface area contributed by atoms with Crippen LogP contribution >= 0.6 is 0 Å². The average Bonchev–Trinajstić information content (AvgIpc) is 2.43. The van der Waals surface area contributed by atoms with Crippen LogP contribution in [0.25, 0.3) is 0 Å². The van der Waals surface area contributed by atoms with Gasteiger partial charge in [-0.15, -0.1) is 0 Å². The lowest BCUT2D eigenvalue weighted by Crippen LogP contribution is -2.45. The van der Waals surface area contributed by atoms with Gasteiger partial charge in [-0.2, -0.15) is 0 Å². The number of nitrogens with one attached hydrogen (secondary N) is 1. The molecule has 7 heteroatoms. The molecule has 0 bridgehead atoms. The molecule has 1 saturated carbocycles. The zero-order valence-corrected chi connectivity index (χ0v) is 12.9. The molecule has 0 amide bonds. The van der Waals surface area contributed by atoms with Crippen molar-refractivity contribution in [3.8, 4) is 0 Å². The maximum Gasteiger partial charge on any atom is 0.332 e. The molecule has 118 valence electrons. The highest BCUT2D eigenvalue weighted by Gasteiger charge is 2.31. The number of hydrogen-bond acceptors (Lipinski definition) is 5. The summed E-state index contributed by atoms with van der Waals surface area (Å²) in [5.74, 6) is 0.227. The molecule has 0 saturated heterocycles. The van der Waals surface area contributed by atoms with Crippen molar-refractivity contribution in [3.63, 3.8) is 0 Å². The van der Waals surface area contributed by atoms with Gasteiger partial charge < -0.3 is 15.8 Å². The lowest BCUT2D eigenvalue weighted by atomic mass is 9.89. The highest BCUT2D eigenvalue weighted by molar-refractivity contribution is 5.61. The molecule has 0 radical (unpaired) electrons. The number of nitrogens with zero attached hydrogens (tertiary/aromatic N) is 2. The Morgan fingerprint density at radius 3 is 2.57 bits per heavy atom. The van der Waals surface area contributed by atoms with Crippen LogP contribution in [0, 0.1) is 0 Å². The molecule has 1 aliphatic carbocycles. The predicted molar refractivity (Wildman–Crippen MR) is 82.7 cm³/mol. The molecule has 7 nitrogen and oxygen atoms in total. The number of nitrogens with two attached hydrogens (primary N) is 1. The first kappa shape index (κ1) is 15.6. The second-order valence-electron chi connectivity index (χ2n) is 5.45. The van der Waals surface area contributed by atoms with Gasteiger partial charge in [-0.05, 0) is 26.2 Å². The second-order valence-corrected chi connectivity index (χ2v) is 5.45. The molecule has 1 aliphatic rings. The first-order chi connectivity index (χ1) is 9.99. The first-order valence-electron chi connectivity index (χ1n) is 7.47. The number of rotatable bonds is 6. The third-order valence-corrected chi connectivity index (χ3v) is 3.88. The van der Waals surface area contributed by atoms with E-state index in [9.17, 15) is 9.59 Å². The Labute approximate surface area is 123 Å². The summed E-state index contributed by atoms with van der Waals surface area (Å²) in [6.07, 6.45) is 2.73. The summed E-state index contributed by atoms with van der Waals surface area (Å²) in [6, 6.07) is 0.170. The second kappa shape index (κ2) is 6.34. The fourth-order valence-electron chi connectivity index (χ4n) is 2.62. The van der Waals surface area contributed by atoms with E-state index in [0.29, 0.717) is 18.8 Å². The number of hydrogen-bond donors (Lipinski definition) is 2. The number of nitrogen functional groups attached to an aromatic ring is 1. The van der Waals surface area contributed by atoms with Crippen LogP contribution in [0.1, 0.15) is 33.1 Å². The van der Waals surface area contributed by atoms with E-state index in [0.717, 1.165) is 23.8 Å². The van der Waals surface area contributed by atoms with Crippen molar-refractivity contribution in [3.05, 3.63) is 20.8 Å². The molecule has 1 aromatic heterocycles. The van der Waals surface area contributed by atoms with Crippen molar-refractivity contribution in [1.82, 2.24) is 9.13 Å². The third-order valence-electron chi connectivity index (χ3n) is 3.88. The van der Waals surface area contributed by atoms with E-state index in [4.69, 9.17) is 10.5 Å². The molecule has 0 unspecified atom stereocenters. The van der Waals surface area contributed by atoms with Gasteiger partial charge in [-0.25, -0.2) is 4.79 Å². The first-order valence-corrected chi connectivity index (χ1v) is 7.47. The van der Waals surface area contributed by atoms with E-state index < -0.39 is 0 Å². The van der Waals surface area contributed by atoms with Crippen LogP contribution in [0.4, 0.5) is 11.5 Å². The zero-order chi connectivity index (χ0) is 15.6. The fourth-order valence-corrected chi connectivity index (χ4v) is 2.62. The summed E-state index contributed by atoms with van der Waals surface area (Å²) in [5, 5.41) is 3.17. The average molecular weight is 296 g/mol. The molecule has 1 fully saturated rings. The quantitative estimate of drug-likeness (QED) is 0.798. The Kier molecular flexibility index (Phi) is 4.72. The van der Waals surface area contributed by atoms with E-state index in [1.807, 2.05) is 13.8 Å². The summed E-state index contributed by atoms with van der Waals surface area (Å²) < 4.78 is 8.05. The molecule has 2 rings (SSSR count). The Morgan fingerprint density at radius 1 is 1.33 bits per heavy atom. The standard InChI is InChI=1S/C14H24N4O3/c1-4-6-18-12(15)11(13(19)17(3)14(18)20)16-9-7-10(8-9)21-5-2/h9-10,16H,4-8,15H2,1-3H3. The molecule has 21 heavy (non-hydrogen) atoms. The molecule has 0 atom stereocenters. The van der Waals surface area contributed by atoms with Crippen molar-refractivity contribution in [1.29, 1.82) is 0 Å². The van der Waals surface area contributed by atoms with Gasteiger partial charge in [0.25, 0.3) is 5.56 Å².